The second-order valence-electron chi connectivity index (χ2n) is 7.61. The molecular weight excluding hydrogens is 471 g/mol. The smallest absolute Gasteiger partial charge is 0.227 e. The number of guanidine groups is 1. The lowest BCUT2D eigenvalue weighted by atomic mass is 9.92. The molecule has 1 aliphatic heterocycles. The van der Waals surface area contributed by atoms with Gasteiger partial charge in [0, 0.05) is 51.9 Å². The van der Waals surface area contributed by atoms with Gasteiger partial charge in [0.05, 0.1) is 17.7 Å². The zero-order valence-corrected chi connectivity index (χ0v) is 20.1. The maximum Gasteiger partial charge on any atom is 0.227 e. The Morgan fingerprint density at radius 3 is 2.39 bits per heavy atom. The van der Waals surface area contributed by atoms with E-state index in [-0.39, 0.29) is 29.9 Å². The first-order valence-corrected chi connectivity index (χ1v) is 9.81. The van der Waals surface area contributed by atoms with Gasteiger partial charge in [-0.2, -0.15) is 0 Å². The van der Waals surface area contributed by atoms with Gasteiger partial charge in [-0.25, -0.2) is 0 Å². The molecule has 0 atom stereocenters. The van der Waals surface area contributed by atoms with E-state index in [0.29, 0.717) is 13.1 Å². The minimum absolute atomic E-state index is 0. The van der Waals surface area contributed by atoms with Crippen molar-refractivity contribution in [1.82, 2.24) is 25.6 Å². The van der Waals surface area contributed by atoms with Crippen LogP contribution in [0.1, 0.15) is 39.1 Å². The van der Waals surface area contributed by atoms with Crippen LogP contribution in [0.3, 0.4) is 0 Å². The van der Waals surface area contributed by atoms with Crippen LogP contribution < -0.4 is 10.6 Å². The van der Waals surface area contributed by atoms with Gasteiger partial charge in [0.1, 0.15) is 5.76 Å². The average molecular weight is 506 g/mol. The quantitative estimate of drug-likeness (QED) is 0.334. The van der Waals surface area contributed by atoms with E-state index < -0.39 is 5.41 Å². The largest absolute Gasteiger partial charge is 0.361 e. The summed E-state index contributed by atoms with van der Waals surface area (Å²) in [5, 5.41) is 10.3. The molecule has 0 aromatic carbocycles. The molecule has 2 rings (SSSR count). The zero-order valence-electron chi connectivity index (χ0n) is 17.7. The molecule has 2 N–H and O–H groups in total. The van der Waals surface area contributed by atoms with E-state index in [1.807, 2.05) is 33.8 Å². The third kappa shape index (κ3) is 7.23. The molecule has 0 saturated carbocycles. The molecule has 0 unspecified atom stereocenters. The topological polar surface area (TPSA) is 86.0 Å². The fraction of sp³-hybridized carbons (Fsp3) is 0.737. The van der Waals surface area contributed by atoms with Crippen molar-refractivity contribution >= 4 is 35.8 Å². The molecule has 8 nitrogen and oxygen atoms in total. The van der Waals surface area contributed by atoms with Crippen molar-refractivity contribution in [1.29, 1.82) is 0 Å². The summed E-state index contributed by atoms with van der Waals surface area (Å²) in [6.07, 6.45) is 0. The minimum Gasteiger partial charge on any atom is -0.361 e. The summed E-state index contributed by atoms with van der Waals surface area (Å²) in [7, 11) is 0. The van der Waals surface area contributed by atoms with Crippen molar-refractivity contribution in [3.05, 3.63) is 17.5 Å². The summed E-state index contributed by atoms with van der Waals surface area (Å²) in [5.41, 5.74) is 0.453. The van der Waals surface area contributed by atoms with Crippen LogP contribution >= 0.6 is 24.0 Å². The van der Waals surface area contributed by atoms with Gasteiger partial charge >= 0.3 is 0 Å². The van der Waals surface area contributed by atoms with E-state index in [1.54, 1.807) is 0 Å². The molecule has 1 amide bonds. The molecule has 1 aromatic heterocycles. The van der Waals surface area contributed by atoms with Crippen molar-refractivity contribution < 1.29 is 9.32 Å². The fourth-order valence-electron chi connectivity index (χ4n) is 3.01. The van der Waals surface area contributed by atoms with E-state index in [1.165, 1.54) is 0 Å². The van der Waals surface area contributed by atoms with E-state index in [4.69, 9.17) is 9.52 Å². The summed E-state index contributed by atoms with van der Waals surface area (Å²) in [5.74, 6) is 1.77. The van der Waals surface area contributed by atoms with Crippen LogP contribution in [-0.4, -0.2) is 72.6 Å². The number of piperazine rings is 1. The Balaban J connectivity index is 0.00000392. The third-order valence-corrected chi connectivity index (χ3v) is 4.65. The number of carbonyl (C=O) groups excluding carboxylic acids is 1. The molecule has 0 aliphatic carbocycles. The molecule has 9 heteroatoms. The van der Waals surface area contributed by atoms with E-state index in [9.17, 15) is 4.79 Å². The molecule has 1 aromatic rings. The summed E-state index contributed by atoms with van der Waals surface area (Å²) < 4.78 is 5.15. The van der Waals surface area contributed by atoms with Crippen molar-refractivity contribution in [3.8, 4) is 0 Å². The number of aromatic nitrogens is 1. The maximum atomic E-state index is 12.2. The third-order valence-electron chi connectivity index (χ3n) is 4.65. The van der Waals surface area contributed by atoms with Gasteiger partial charge < -0.3 is 20.1 Å². The Kier molecular flexibility index (Phi) is 10.2. The van der Waals surface area contributed by atoms with Crippen molar-refractivity contribution in [2.24, 2.45) is 10.4 Å². The Morgan fingerprint density at radius 1 is 1.21 bits per heavy atom. The number of hydrogen-bond donors (Lipinski definition) is 2. The van der Waals surface area contributed by atoms with Gasteiger partial charge in [-0.3, -0.25) is 14.7 Å². The number of nitrogens with one attached hydrogen (secondary N) is 2. The molecule has 1 fully saturated rings. The standard InChI is InChI=1S/C19H34N6O2.HI/c1-6-20-17(26)19(4,5)14-22-18(21-7-2)25-10-8-24(9-11-25)13-16-12-15(3)27-23-16;/h12H,6-11,13-14H2,1-5H3,(H,20,26)(H,21,22);1H. The van der Waals surface area contributed by atoms with Crippen molar-refractivity contribution in [3.63, 3.8) is 0 Å². The Hall–Kier alpha value is -1.36. The van der Waals surface area contributed by atoms with Crippen LogP contribution in [-0.2, 0) is 11.3 Å². The van der Waals surface area contributed by atoms with Crippen LogP contribution in [0, 0.1) is 12.3 Å². The van der Waals surface area contributed by atoms with Gasteiger partial charge in [-0.05, 0) is 34.6 Å². The first-order valence-electron chi connectivity index (χ1n) is 9.81. The second kappa shape index (κ2) is 11.6. The van der Waals surface area contributed by atoms with E-state index >= 15 is 0 Å². The van der Waals surface area contributed by atoms with Crippen molar-refractivity contribution in [2.45, 2.75) is 41.2 Å². The number of rotatable bonds is 7. The summed E-state index contributed by atoms with van der Waals surface area (Å²) in [6, 6.07) is 1.99. The van der Waals surface area contributed by atoms with Gasteiger partial charge in [0.2, 0.25) is 5.91 Å². The highest BCUT2D eigenvalue weighted by Crippen LogP contribution is 2.16. The minimum atomic E-state index is -0.524. The molecule has 1 aliphatic rings. The zero-order chi connectivity index (χ0) is 19.9. The molecule has 160 valence electrons. The van der Waals surface area contributed by atoms with Crippen LogP contribution in [0.15, 0.2) is 15.6 Å². The average Bonchev–Trinajstić information content (AvgIpc) is 3.04. The number of halogens is 1. The van der Waals surface area contributed by atoms with Crippen LogP contribution in [0.5, 0.6) is 0 Å². The summed E-state index contributed by atoms with van der Waals surface area (Å²) in [4.78, 5) is 21.6. The van der Waals surface area contributed by atoms with Crippen LogP contribution in [0.4, 0.5) is 0 Å². The van der Waals surface area contributed by atoms with Crippen LogP contribution in [0.2, 0.25) is 0 Å². The molecule has 0 bridgehead atoms. The normalized spacial score (nSPS) is 15.9. The number of aliphatic imine (C=N–C) groups is 1. The predicted molar refractivity (Wildman–Crippen MR) is 122 cm³/mol. The summed E-state index contributed by atoms with van der Waals surface area (Å²) >= 11 is 0. The Labute approximate surface area is 185 Å². The van der Waals surface area contributed by atoms with E-state index in [2.05, 4.69) is 32.5 Å². The monoisotopic (exact) mass is 506 g/mol. The molecule has 2 heterocycles. The highest BCUT2D eigenvalue weighted by atomic mass is 127. The van der Waals surface area contributed by atoms with E-state index in [0.717, 1.165) is 56.7 Å². The number of aryl methyl sites for hydroxylation is 1. The first-order chi connectivity index (χ1) is 12.9. The van der Waals surface area contributed by atoms with Gasteiger partial charge in [0.15, 0.2) is 5.96 Å². The fourth-order valence-corrected chi connectivity index (χ4v) is 3.01. The lowest BCUT2D eigenvalue weighted by Gasteiger charge is -2.36. The van der Waals surface area contributed by atoms with Gasteiger partial charge in [-0.15, -0.1) is 24.0 Å². The second-order valence-corrected chi connectivity index (χ2v) is 7.61. The Bertz CT molecular complexity index is 638. The molecule has 1 saturated heterocycles. The first kappa shape index (κ1) is 24.7. The Morgan fingerprint density at radius 2 is 1.86 bits per heavy atom. The highest BCUT2D eigenvalue weighted by molar-refractivity contribution is 14.0. The maximum absolute atomic E-state index is 12.2. The number of amides is 1. The number of carbonyl (C=O) groups is 1. The van der Waals surface area contributed by atoms with Gasteiger partial charge in [-0.1, -0.05) is 5.16 Å². The van der Waals surface area contributed by atoms with Gasteiger partial charge in [0.25, 0.3) is 0 Å². The molecule has 0 radical (unpaired) electrons. The lowest BCUT2D eigenvalue weighted by molar-refractivity contribution is -0.128. The molecule has 28 heavy (non-hydrogen) atoms. The van der Waals surface area contributed by atoms with Crippen molar-refractivity contribution in [2.75, 3.05) is 45.8 Å². The highest BCUT2D eigenvalue weighted by Gasteiger charge is 2.28. The summed E-state index contributed by atoms with van der Waals surface area (Å²) in [6.45, 7) is 16.2. The number of nitrogens with zero attached hydrogens (tertiary/aromatic N) is 4. The van der Waals surface area contributed by atoms with Crippen LogP contribution in [0.25, 0.3) is 0 Å². The SMILES string of the molecule is CCNC(=O)C(C)(C)CN=C(NCC)N1CCN(Cc2cc(C)on2)CC1.I. The lowest BCUT2D eigenvalue weighted by Crippen LogP contribution is -2.52. The molecule has 0 spiro atoms. The molecular formula is C19H35IN6O2. The number of hydrogen-bond acceptors (Lipinski definition) is 5. The predicted octanol–water partition coefficient (Wildman–Crippen LogP) is 1.85.